The maximum atomic E-state index is 5.88. The summed E-state index contributed by atoms with van der Waals surface area (Å²) in [5, 5.41) is 2.62. The third-order valence-corrected chi connectivity index (χ3v) is 4.34. The highest BCUT2D eigenvalue weighted by atomic mass is 32.1. The minimum atomic E-state index is 0.565. The Balaban J connectivity index is 2.39. The van der Waals surface area contributed by atoms with Crippen LogP contribution in [0, 0.1) is 0 Å². The predicted molar refractivity (Wildman–Crippen MR) is 77.8 cm³/mol. The molecule has 3 aromatic rings. The van der Waals surface area contributed by atoms with Crippen LogP contribution in [-0.4, -0.2) is 0 Å². The predicted octanol–water partition coefficient (Wildman–Crippen LogP) is 4.76. The van der Waals surface area contributed by atoms with Gasteiger partial charge in [0.2, 0.25) is 0 Å². The van der Waals surface area contributed by atoms with Crippen LogP contribution in [0.5, 0.6) is 0 Å². The molecule has 0 bridgehead atoms. The Morgan fingerprint density at radius 2 is 1.59 bits per heavy atom. The van der Waals surface area contributed by atoms with Crippen molar-refractivity contribution in [2.24, 2.45) is 0 Å². The number of nitrogens with two attached hydrogens (primary N) is 1. The number of anilines is 1. The molecule has 0 unspecified atom stereocenters. The number of rotatable bonds is 1. The van der Waals surface area contributed by atoms with Crippen LogP contribution >= 0.6 is 11.3 Å². The highest BCUT2D eigenvalue weighted by Gasteiger charge is 2.07. The van der Waals surface area contributed by atoms with Gasteiger partial charge in [-0.1, -0.05) is 19.9 Å². The van der Waals surface area contributed by atoms with Crippen LogP contribution in [0.15, 0.2) is 36.4 Å². The molecule has 0 aliphatic heterocycles. The van der Waals surface area contributed by atoms with Crippen molar-refractivity contribution in [3.63, 3.8) is 0 Å². The van der Waals surface area contributed by atoms with Crippen molar-refractivity contribution in [3.8, 4) is 0 Å². The second-order valence-electron chi connectivity index (χ2n) is 4.77. The van der Waals surface area contributed by atoms with Gasteiger partial charge >= 0.3 is 0 Å². The highest BCUT2D eigenvalue weighted by Crippen LogP contribution is 2.36. The lowest BCUT2D eigenvalue weighted by Crippen LogP contribution is -1.85. The molecule has 86 valence electrons. The van der Waals surface area contributed by atoms with E-state index in [1.807, 2.05) is 17.4 Å². The Hall–Kier alpha value is -1.54. The molecule has 1 heterocycles. The van der Waals surface area contributed by atoms with Gasteiger partial charge in [-0.25, -0.2) is 0 Å². The topological polar surface area (TPSA) is 26.0 Å². The zero-order valence-corrected chi connectivity index (χ0v) is 10.8. The molecule has 0 saturated heterocycles. The van der Waals surface area contributed by atoms with Gasteiger partial charge in [-0.05, 0) is 41.8 Å². The molecule has 0 aliphatic rings. The van der Waals surface area contributed by atoms with Gasteiger partial charge in [-0.2, -0.15) is 0 Å². The number of thiophene rings is 1. The van der Waals surface area contributed by atoms with Crippen LogP contribution in [0.1, 0.15) is 25.3 Å². The van der Waals surface area contributed by atoms with E-state index < -0.39 is 0 Å². The molecule has 2 aromatic carbocycles. The monoisotopic (exact) mass is 241 g/mol. The summed E-state index contributed by atoms with van der Waals surface area (Å²) in [5.41, 5.74) is 8.11. The van der Waals surface area contributed by atoms with Crippen LogP contribution in [0.2, 0.25) is 0 Å². The molecule has 0 spiro atoms. The largest absolute Gasteiger partial charge is 0.399 e. The molecule has 0 radical (unpaired) electrons. The summed E-state index contributed by atoms with van der Waals surface area (Å²) in [7, 11) is 0. The first-order valence-electron chi connectivity index (χ1n) is 5.87. The molecular weight excluding hydrogens is 226 g/mol. The van der Waals surface area contributed by atoms with Crippen LogP contribution in [-0.2, 0) is 0 Å². The number of benzene rings is 2. The minimum Gasteiger partial charge on any atom is -0.399 e. The van der Waals surface area contributed by atoms with Gasteiger partial charge in [-0.3, -0.25) is 0 Å². The van der Waals surface area contributed by atoms with E-state index in [9.17, 15) is 0 Å². The Morgan fingerprint density at radius 1 is 0.941 bits per heavy atom. The van der Waals surface area contributed by atoms with Gasteiger partial charge in [0.1, 0.15) is 0 Å². The summed E-state index contributed by atoms with van der Waals surface area (Å²) in [5.74, 6) is 0.565. The molecule has 2 N–H and O–H groups in total. The third-order valence-electron chi connectivity index (χ3n) is 3.18. The molecule has 0 amide bonds. The van der Waals surface area contributed by atoms with Gasteiger partial charge in [-0.15, -0.1) is 11.3 Å². The van der Waals surface area contributed by atoms with E-state index in [0.29, 0.717) is 5.92 Å². The Morgan fingerprint density at radius 3 is 2.29 bits per heavy atom. The molecule has 2 heteroatoms. The van der Waals surface area contributed by atoms with E-state index in [1.54, 1.807) is 0 Å². The lowest BCUT2D eigenvalue weighted by molar-refractivity contribution is 0.869. The lowest BCUT2D eigenvalue weighted by Gasteiger charge is -2.04. The number of hydrogen-bond donors (Lipinski definition) is 1. The summed E-state index contributed by atoms with van der Waals surface area (Å²) < 4.78 is 2.66. The van der Waals surface area contributed by atoms with Crippen LogP contribution in [0.25, 0.3) is 20.2 Å². The Bertz CT molecular complexity index is 695. The summed E-state index contributed by atoms with van der Waals surface area (Å²) in [6, 6.07) is 12.9. The van der Waals surface area contributed by atoms with Crippen LogP contribution in [0.4, 0.5) is 5.69 Å². The van der Waals surface area contributed by atoms with E-state index in [0.717, 1.165) is 5.69 Å². The van der Waals surface area contributed by atoms with Crippen molar-refractivity contribution < 1.29 is 0 Å². The zero-order chi connectivity index (χ0) is 12.0. The normalized spacial score (nSPS) is 11.7. The molecule has 1 nitrogen and oxygen atoms in total. The molecule has 0 atom stereocenters. The lowest BCUT2D eigenvalue weighted by atomic mass is 10.0. The summed E-state index contributed by atoms with van der Waals surface area (Å²) in [6.45, 7) is 4.45. The SMILES string of the molecule is CC(C)c1ccc2sc3ccc(N)cc3c2c1. The average molecular weight is 241 g/mol. The molecule has 0 aliphatic carbocycles. The quantitative estimate of drug-likeness (QED) is 0.611. The van der Waals surface area contributed by atoms with Crippen LogP contribution in [0.3, 0.4) is 0 Å². The fraction of sp³-hybridized carbons (Fsp3) is 0.200. The van der Waals surface area contributed by atoms with E-state index in [-0.39, 0.29) is 0 Å². The fourth-order valence-corrected chi connectivity index (χ4v) is 3.24. The van der Waals surface area contributed by atoms with Crippen molar-refractivity contribution in [2.75, 3.05) is 5.73 Å². The first-order valence-corrected chi connectivity index (χ1v) is 6.68. The number of nitrogen functional groups attached to an aromatic ring is 1. The average Bonchev–Trinajstić information content (AvgIpc) is 2.66. The molecule has 0 fully saturated rings. The second-order valence-corrected chi connectivity index (χ2v) is 5.85. The molecule has 0 saturated carbocycles. The smallest absolute Gasteiger partial charge is 0.0356 e. The van der Waals surface area contributed by atoms with Gasteiger partial charge in [0.05, 0.1) is 0 Å². The number of fused-ring (bicyclic) bond motifs is 3. The summed E-state index contributed by atoms with van der Waals surface area (Å²) in [6.07, 6.45) is 0. The number of hydrogen-bond acceptors (Lipinski definition) is 2. The van der Waals surface area contributed by atoms with Gasteiger partial charge in [0.25, 0.3) is 0 Å². The highest BCUT2D eigenvalue weighted by molar-refractivity contribution is 7.25. The van der Waals surface area contributed by atoms with E-state index >= 15 is 0 Å². The van der Waals surface area contributed by atoms with E-state index in [4.69, 9.17) is 5.73 Å². The van der Waals surface area contributed by atoms with Gasteiger partial charge in [0.15, 0.2) is 0 Å². The second kappa shape index (κ2) is 3.74. The van der Waals surface area contributed by atoms with E-state index in [1.165, 1.54) is 25.7 Å². The van der Waals surface area contributed by atoms with Crippen molar-refractivity contribution in [1.29, 1.82) is 0 Å². The van der Waals surface area contributed by atoms with E-state index in [2.05, 4.69) is 44.2 Å². The van der Waals surface area contributed by atoms with Crippen molar-refractivity contribution >= 4 is 37.2 Å². The Kier molecular flexibility index (Phi) is 2.33. The first-order chi connectivity index (χ1) is 8.15. The zero-order valence-electron chi connectivity index (χ0n) is 10.0. The van der Waals surface area contributed by atoms with Crippen molar-refractivity contribution in [1.82, 2.24) is 0 Å². The van der Waals surface area contributed by atoms with Crippen molar-refractivity contribution in [2.45, 2.75) is 19.8 Å². The maximum Gasteiger partial charge on any atom is 0.0356 e. The van der Waals surface area contributed by atoms with Gasteiger partial charge in [0, 0.05) is 25.9 Å². The summed E-state index contributed by atoms with van der Waals surface area (Å²) >= 11 is 1.84. The standard InChI is InChI=1S/C15H15NS/c1-9(2)10-3-5-14-12(7-10)13-8-11(16)4-6-15(13)17-14/h3-9H,16H2,1-2H3. The molecule has 3 rings (SSSR count). The molecule has 17 heavy (non-hydrogen) atoms. The molecular formula is C15H15NS. The Labute approximate surface area is 105 Å². The third kappa shape index (κ3) is 1.69. The first kappa shape index (κ1) is 10.6. The maximum absolute atomic E-state index is 5.88. The minimum absolute atomic E-state index is 0.565. The fourth-order valence-electron chi connectivity index (χ4n) is 2.17. The molecule has 1 aromatic heterocycles. The van der Waals surface area contributed by atoms with Gasteiger partial charge < -0.3 is 5.73 Å². The van der Waals surface area contributed by atoms with Crippen LogP contribution < -0.4 is 5.73 Å². The van der Waals surface area contributed by atoms with Crippen molar-refractivity contribution in [3.05, 3.63) is 42.0 Å². The summed E-state index contributed by atoms with van der Waals surface area (Å²) in [4.78, 5) is 0.